The minimum Gasteiger partial charge on any atom is -0.381 e. The SMILES string of the molecule is CSCC(C)NS(=O)(=O)c1c(N)nn(C)c1C. The van der Waals surface area contributed by atoms with E-state index < -0.39 is 10.0 Å². The molecule has 0 aromatic carbocycles. The molecule has 1 aromatic rings. The molecule has 0 aliphatic rings. The van der Waals surface area contributed by atoms with Gasteiger partial charge in [0.2, 0.25) is 10.0 Å². The number of aryl methyl sites for hydroxylation is 1. The summed E-state index contributed by atoms with van der Waals surface area (Å²) in [6, 6.07) is -0.144. The van der Waals surface area contributed by atoms with Crippen molar-refractivity contribution in [1.82, 2.24) is 14.5 Å². The average molecular weight is 278 g/mol. The zero-order valence-electron chi connectivity index (χ0n) is 10.4. The Balaban J connectivity index is 3.05. The van der Waals surface area contributed by atoms with Crippen LogP contribution >= 0.6 is 11.8 Å². The molecule has 6 nitrogen and oxygen atoms in total. The monoisotopic (exact) mass is 278 g/mol. The number of nitrogens with zero attached hydrogens (tertiary/aromatic N) is 2. The van der Waals surface area contributed by atoms with Crippen LogP contribution in [0.15, 0.2) is 4.90 Å². The summed E-state index contributed by atoms with van der Waals surface area (Å²) >= 11 is 1.58. The molecule has 0 fully saturated rings. The Morgan fingerprint density at radius 1 is 1.59 bits per heavy atom. The van der Waals surface area contributed by atoms with E-state index in [0.29, 0.717) is 11.4 Å². The third kappa shape index (κ3) is 3.14. The number of aromatic nitrogens is 2. The molecule has 1 atom stereocenters. The normalized spacial score (nSPS) is 13.9. The molecule has 0 spiro atoms. The summed E-state index contributed by atoms with van der Waals surface area (Å²) in [7, 11) is -1.93. The van der Waals surface area contributed by atoms with Crippen molar-refractivity contribution in [2.24, 2.45) is 7.05 Å². The molecule has 0 bridgehead atoms. The van der Waals surface area contributed by atoms with E-state index in [1.165, 1.54) is 4.68 Å². The maximum absolute atomic E-state index is 12.1. The van der Waals surface area contributed by atoms with Gasteiger partial charge >= 0.3 is 0 Å². The van der Waals surface area contributed by atoms with E-state index in [0.717, 1.165) is 0 Å². The van der Waals surface area contributed by atoms with Gasteiger partial charge in [0.1, 0.15) is 4.90 Å². The highest BCUT2D eigenvalue weighted by atomic mass is 32.2. The highest BCUT2D eigenvalue weighted by Gasteiger charge is 2.25. The molecule has 1 unspecified atom stereocenters. The van der Waals surface area contributed by atoms with Gasteiger partial charge in [0.15, 0.2) is 5.82 Å². The van der Waals surface area contributed by atoms with Gasteiger partial charge in [-0.2, -0.15) is 16.9 Å². The van der Waals surface area contributed by atoms with Crippen molar-refractivity contribution in [3.8, 4) is 0 Å². The average Bonchev–Trinajstić information content (AvgIpc) is 2.40. The van der Waals surface area contributed by atoms with E-state index in [1.54, 1.807) is 25.7 Å². The second-order valence-electron chi connectivity index (χ2n) is 3.90. The molecule has 0 radical (unpaired) electrons. The summed E-state index contributed by atoms with van der Waals surface area (Å²) in [5, 5.41) is 3.90. The van der Waals surface area contributed by atoms with Crippen molar-refractivity contribution in [3.05, 3.63) is 5.69 Å². The lowest BCUT2D eigenvalue weighted by Gasteiger charge is -2.12. The number of sulfonamides is 1. The van der Waals surface area contributed by atoms with Crippen molar-refractivity contribution < 1.29 is 8.42 Å². The number of nitrogen functional groups attached to an aromatic ring is 1. The standard InChI is InChI=1S/C9H18N4O2S2/c1-6(5-16-4)12-17(14,15)8-7(2)13(3)11-9(8)10/h6,12H,5H2,1-4H3,(H2,10,11). The van der Waals surface area contributed by atoms with E-state index in [9.17, 15) is 8.42 Å². The van der Waals surface area contributed by atoms with Crippen molar-refractivity contribution in [2.75, 3.05) is 17.7 Å². The topological polar surface area (TPSA) is 90.0 Å². The van der Waals surface area contributed by atoms with Gasteiger partial charge in [-0.1, -0.05) is 0 Å². The molecule has 98 valence electrons. The molecule has 17 heavy (non-hydrogen) atoms. The van der Waals surface area contributed by atoms with Crippen LogP contribution in [0.25, 0.3) is 0 Å². The Labute approximate surface area is 106 Å². The summed E-state index contributed by atoms with van der Waals surface area (Å²) in [5.74, 6) is 0.743. The highest BCUT2D eigenvalue weighted by Crippen LogP contribution is 2.21. The van der Waals surface area contributed by atoms with Crippen LogP contribution in [0, 0.1) is 6.92 Å². The minimum absolute atomic E-state index is 0.0360. The van der Waals surface area contributed by atoms with Gasteiger partial charge in [-0.3, -0.25) is 4.68 Å². The first-order valence-corrected chi connectivity index (χ1v) is 7.97. The summed E-state index contributed by atoms with van der Waals surface area (Å²) in [6.45, 7) is 3.49. The van der Waals surface area contributed by atoms with Gasteiger partial charge < -0.3 is 5.73 Å². The van der Waals surface area contributed by atoms with Crippen LogP contribution in [-0.4, -0.2) is 36.2 Å². The second-order valence-corrected chi connectivity index (χ2v) is 6.46. The zero-order chi connectivity index (χ0) is 13.2. The van der Waals surface area contributed by atoms with Crippen LogP contribution < -0.4 is 10.5 Å². The van der Waals surface area contributed by atoms with Gasteiger partial charge in [0.05, 0.1) is 5.69 Å². The Hall–Kier alpha value is -0.730. The lowest BCUT2D eigenvalue weighted by atomic mass is 10.4. The van der Waals surface area contributed by atoms with Gasteiger partial charge in [0, 0.05) is 18.8 Å². The first-order chi connectivity index (χ1) is 7.79. The van der Waals surface area contributed by atoms with Gasteiger partial charge in [-0.25, -0.2) is 13.1 Å². The van der Waals surface area contributed by atoms with Crippen LogP contribution in [0.4, 0.5) is 5.82 Å². The first-order valence-electron chi connectivity index (χ1n) is 5.10. The largest absolute Gasteiger partial charge is 0.381 e. The van der Waals surface area contributed by atoms with Crippen molar-refractivity contribution in [2.45, 2.75) is 24.8 Å². The Morgan fingerprint density at radius 3 is 2.59 bits per heavy atom. The second kappa shape index (κ2) is 5.28. The first kappa shape index (κ1) is 14.3. The quantitative estimate of drug-likeness (QED) is 0.810. The number of anilines is 1. The Kier molecular flexibility index (Phi) is 4.45. The van der Waals surface area contributed by atoms with E-state index in [-0.39, 0.29) is 16.8 Å². The molecule has 3 N–H and O–H groups in total. The smallest absolute Gasteiger partial charge is 0.246 e. The molecular formula is C9H18N4O2S2. The molecule has 0 amide bonds. The van der Waals surface area contributed by atoms with Gasteiger partial charge in [-0.05, 0) is 20.1 Å². The lowest BCUT2D eigenvalue weighted by Crippen LogP contribution is -2.34. The third-order valence-corrected chi connectivity index (χ3v) is 4.93. The van der Waals surface area contributed by atoms with Crippen LogP contribution in [-0.2, 0) is 17.1 Å². The maximum atomic E-state index is 12.1. The number of hydrogen-bond acceptors (Lipinski definition) is 5. The van der Waals surface area contributed by atoms with Crippen LogP contribution in [0.5, 0.6) is 0 Å². The van der Waals surface area contributed by atoms with E-state index >= 15 is 0 Å². The van der Waals surface area contributed by atoms with Gasteiger partial charge in [0.25, 0.3) is 0 Å². The molecule has 8 heteroatoms. The number of nitrogens with one attached hydrogen (secondary N) is 1. The molecule has 1 heterocycles. The van der Waals surface area contributed by atoms with Crippen molar-refractivity contribution in [3.63, 3.8) is 0 Å². The molecule has 1 aromatic heterocycles. The molecule has 0 saturated heterocycles. The summed E-state index contributed by atoms with van der Waals surface area (Å²) in [6.07, 6.45) is 1.93. The molecule has 1 rings (SSSR count). The Morgan fingerprint density at radius 2 is 2.18 bits per heavy atom. The summed E-state index contributed by atoms with van der Waals surface area (Å²) < 4.78 is 28.3. The predicted octanol–water partition coefficient (Wildman–Crippen LogP) is 0.341. The lowest BCUT2D eigenvalue weighted by molar-refractivity contribution is 0.570. The fourth-order valence-electron chi connectivity index (χ4n) is 1.55. The minimum atomic E-state index is -3.59. The number of hydrogen-bond donors (Lipinski definition) is 2. The van der Waals surface area contributed by atoms with Crippen molar-refractivity contribution in [1.29, 1.82) is 0 Å². The number of rotatable bonds is 5. The Bertz CT molecular complexity index is 495. The molecule has 0 saturated carbocycles. The third-order valence-electron chi connectivity index (χ3n) is 2.35. The molecule has 0 aliphatic heterocycles. The van der Waals surface area contributed by atoms with Crippen LogP contribution in [0.1, 0.15) is 12.6 Å². The van der Waals surface area contributed by atoms with Crippen molar-refractivity contribution >= 4 is 27.6 Å². The van der Waals surface area contributed by atoms with Gasteiger partial charge in [-0.15, -0.1) is 0 Å². The summed E-state index contributed by atoms with van der Waals surface area (Å²) in [5.41, 5.74) is 6.16. The summed E-state index contributed by atoms with van der Waals surface area (Å²) in [4.78, 5) is 0.0768. The number of thioether (sulfide) groups is 1. The van der Waals surface area contributed by atoms with E-state index in [1.807, 2.05) is 13.2 Å². The molecular weight excluding hydrogens is 260 g/mol. The fraction of sp³-hybridized carbons (Fsp3) is 0.667. The van der Waals surface area contributed by atoms with Crippen LogP contribution in [0.2, 0.25) is 0 Å². The zero-order valence-corrected chi connectivity index (χ0v) is 12.0. The highest BCUT2D eigenvalue weighted by molar-refractivity contribution is 7.98. The maximum Gasteiger partial charge on any atom is 0.246 e. The number of nitrogens with two attached hydrogens (primary N) is 1. The van der Waals surface area contributed by atoms with Crippen LogP contribution in [0.3, 0.4) is 0 Å². The van der Waals surface area contributed by atoms with E-state index in [4.69, 9.17) is 5.73 Å². The van der Waals surface area contributed by atoms with E-state index in [2.05, 4.69) is 9.82 Å². The molecule has 0 aliphatic carbocycles. The fourth-order valence-corrected chi connectivity index (χ4v) is 3.81. The predicted molar refractivity (Wildman–Crippen MR) is 70.5 cm³/mol.